The van der Waals surface area contributed by atoms with Gasteiger partial charge in [-0.05, 0) is 17.0 Å². The first kappa shape index (κ1) is 15.4. The highest BCUT2D eigenvalue weighted by atomic mass is 32.1. The summed E-state index contributed by atoms with van der Waals surface area (Å²) >= 11 is 1.40. The lowest BCUT2D eigenvalue weighted by Gasteiger charge is -2.18. The van der Waals surface area contributed by atoms with E-state index in [2.05, 4.69) is 10.1 Å². The molecule has 2 rings (SSSR count). The van der Waals surface area contributed by atoms with Gasteiger partial charge in [0.2, 0.25) is 0 Å². The van der Waals surface area contributed by atoms with Crippen LogP contribution in [-0.2, 0) is 4.74 Å². The first-order valence-electron chi connectivity index (χ1n) is 6.04. The summed E-state index contributed by atoms with van der Waals surface area (Å²) in [5.74, 6) is 0. The number of hydrogen-bond donors (Lipinski definition) is 1. The van der Waals surface area contributed by atoms with E-state index < -0.39 is 24.9 Å². The smallest absolute Gasteiger partial charge is 0.422 e. The van der Waals surface area contributed by atoms with Crippen LogP contribution in [0.3, 0.4) is 0 Å². The number of carbonyl (C=O) groups is 1. The fourth-order valence-electron chi connectivity index (χ4n) is 1.73. The fourth-order valence-corrected chi connectivity index (χ4v) is 2.53. The van der Waals surface area contributed by atoms with Gasteiger partial charge in [0.05, 0.1) is 6.04 Å². The van der Waals surface area contributed by atoms with E-state index in [1.807, 2.05) is 11.4 Å². The number of halogens is 3. The summed E-state index contributed by atoms with van der Waals surface area (Å²) in [5.41, 5.74) is 0.768. The average Bonchev–Trinajstić information content (AvgIpc) is 2.96. The number of benzene rings is 1. The molecule has 112 valence electrons. The van der Waals surface area contributed by atoms with Gasteiger partial charge >= 0.3 is 12.3 Å². The lowest BCUT2D eigenvalue weighted by Crippen LogP contribution is -2.32. The van der Waals surface area contributed by atoms with Crippen LogP contribution < -0.4 is 5.32 Å². The van der Waals surface area contributed by atoms with Crippen LogP contribution in [-0.4, -0.2) is 18.9 Å². The SMILES string of the molecule is O=C(NC(c1ccccc1)c1cccs1)OCC(F)(F)F. The highest BCUT2D eigenvalue weighted by molar-refractivity contribution is 7.10. The van der Waals surface area contributed by atoms with E-state index in [0.29, 0.717) is 0 Å². The normalized spacial score (nSPS) is 12.7. The molecule has 0 aliphatic heterocycles. The molecular weight excluding hydrogens is 303 g/mol. The summed E-state index contributed by atoms with van der Waals surface area (Å²) in [6.45, 7) is -1.61. The van der Waals surface area contributed by atoms with Crippen LogP contribution in [0.1, 0.15) is 16.5 Å². The van der Waals surface area contributed by atoms with Gasteiger partial charge in [0.1, 0.15) is 0 Å². The van der Waals surface area contributed by atoms with Gasteiger partial charge in [0, 0.05) is 4.88 Å². The predicted molar refractivity (Wildman–Crippen MR) is 73.1 cm³/mol. The number of ether oxygens (including phenoxy) is 1. The van der Waals surface area contributed by atoms with E-state index >= 15 is 0 Å². The van der Waals surface area contributed by atoms with E-state index in [9.17, 15) is 18.0 Å². The van der Waals surface area contributed by atoms with Gasteiger partial charge in [0.25, 0.3) is 0 Å². The minimum absolute atomic E-state index is 0.535. The van der Waals surface area contributed by atoms with E-state index in [1.165, 1.54) is 11.3 Å². The number of alkyl halides is 3. The zero-order valence-corrected chi connectivity index (χ0v) is 11.6. The Labute approximate surface area is 123 Å². The van der Waals surface area contributed by atoms with Crippen molar-refractivity contribution in [2.45, 2.75) is 12.2 Å². The van der Waals surface area contributed by atoms with Crippen molar-refractivity contribution in [3.05, 3.63) is 58.3 Å². The van der Waals surface area contributed by atoms with Crippen molar-refractivity contribution in [1.82, 2.24) is 5.32 Å². The van der Waals surface area contributed by atoms with E-state index in [1.54, 1.807) is 36.4 Å². The van der Waals surface area contributed by atoms with Crippen molar-refractivity contribution in [3.63, 3.8) is 0 Å². The molecule has 1 N–H and O–H groups in total. The molecule has 0 saturated carbocycles. The molecule has 2 aromatic rings. The lowest BCUT2D eigenvalue weighted by atomic mass is 10.1. The first-order valence-corrected chi connectivity index (χ1v) is 6.92. The molecule has 0 fully saturated rings. The highest BCUT2D eigenvalue weighted by Crippen LogP contribution is 2.26. The van der Waals surface area contributed by atoms with Crippen molar-refractivity contribution in [3.8, 4) is 0 Å². The van der Waals surface area contributed by atoms with E-state index in [-0.39, 0.29) is 0 Å². The number of carbonyl (C=O) groups excluding carboxylic acids is 1. The third-order valence-electron chi connectivity index (χ3n) is 2.59. The van der Waals surface area contributed by atoms with Crippen molar-refractivity contribution < 1.29 is 22.7 Å². The molecule has 1 amide bonds. The van der Waals surface area contributed by atoms with E-state index in [4.69, 9.17) is 0 Å². The fraction of sp³-hybridized carbons (Fsp3) is 0.214. The van der Waals surface area contributed by atoms with Gasteiger partial charge in [-0.3, -0.25) is 0 Å². The summed E-state index contributed by atoms with van der Waals surface area (Å²) in [5, 5.41) is 4.28. The number of thiophene rings is 1. The Balaban J connectivity index is 2.09. The van der Waals surface area contributed by atoms with Crippen molar-refractivity contribution in [1.29, 1.82) is 0 Å². The Bertz CT molecular complexity index is 570. The molecule has 3 nitrogen and oxygen atoms in total. The molecule has 0 bridgehead atoms. The van der Waals surface area contributed by atoms with Crippen LogP contribution in [0.25, 0.3) is 0 Å². The number of amides is 1. The summed E-state index contributed by atoms with van der Waals surface area (Å²) in [6, 6.07) is 12.0. The predicted octanol–water partition coefficient (Wildman–Crippen LogP) is 4.13. The van der Waals surface area contributed by atoms with Gasteiger partial charge < -0.3 is 10.1 Å². The zero-order chi connectivity index (χ0) is 15.3. The maximum atomic E-state index is 12.0. The van der Waals surface area contributed by atoms with Crippen LogP contribution >= 0.6 is 11.3 Å². The Kier molecular flexibility index (Phi) is 4.85. The van der Waals surface area contributed by atoms with Crippen LogP contribution in [0.4, 0.5) is 18.0 Å². The third-order valence-corrected chi connectivity index (χ3v) is 3.53. The van der Waals surface area contributed by atoms with Crippen molar-refractivity contribution in [2.75, 3.05) is 6.61 Å². The average molecular weight is 315 g/mol. The number of hydrogen-bond acceptors (Lipinski definition) is 3. The molecule has 0 radical (unpaired) electrons. The number of nitrogens with one attached hydrogen (secondary N) is 1. The second kappa shape index (κ2) is 6.62. The van der Waals surface area contributed by atoms with Gasteiger partial charge in [0.15, 0.2) is 6.61 Å². The largest absolute Gasteiger partial charge is 0.440 e. The molecule has 21 heavy (non-hydrogen) atoms. The Morgan fingerprint density at radius 1 is 1.19 bits per heavy atom. The minimum atomic E-state index is -4.54. The third kappa shape index (κ3) is 4.78. The molecule has 0 spiro atoms. The maximum Gasteiger partial charge on any atom is 0.422 e. The van der Waals surface area contributed by atoms with Gasteiger partial charge in [-0.15, -0.1) is 11.3 Å². The molecule has 0 aliphatic rings. The molecule has 0 saturated heterocycles. The molecule has 1 heterocycles. The second-order valence-corrected chi connectivity index (χ2v) is 5.17. The van der Waals surface area contributed by atoms with E-state index in [0.717, 1.165) is 10.4 Å². The zero-order valence-electron chi connectivity index (χ0n) is 10.8. The highest BCUT2D eigenvalue weighted by Gasteiger charge is 2.30. The molecule has 1 aromatic heterocycles. The summed E-state index contributed by atoms with van der Waals surface area (Å²) in [7, 11) is 0. The number of alkyl carbamates (subject to hydrolysis) is 1. The Hall–Kier alpha value is -2.02. The summed E-state index contributed by atoms with van der Waals surface area (Å²) < 4.78 is 40.3. The van der Waals surface area contributed by atoms with Gasteiger partial charge in [-0.2, -0.15) is 13.2 Å². The monoisotopic (exact) mass is 315 g/mol. The Morgan fingerprint density at radius 3 is 2.48 bits per heavy atom. The quantitative estimate of drug-likeness (QED) is 0.921. The van der Waals surface area contributed by atoms with Crippen LogP contribution in [0, 0.1) is 0 Å². The minimum Gasteiger partial charge on any atom is -0.440 e. The van der Waals surface area contributed by atoms with Crippen LogP contribution in [0.5, 0.6) is 0 Å². The van der Waals surface area contributed by atoms with Gasteiger partial charge in [-0.1, -0.05) is 36.4 Å². The standard InChI is InChI=1S/C14H12F3NO2S/c15-14(16,17)9-20-13(19)18-12(11-7-4-8-21-11)10-5-2-1-3-6-10/h1-8,12H,9H2,(H,18,19). The summed E-state index contributed by atoms with van der Waals surface area (Å²) in [6.07, 6.45) is -5.64. The molecule has 0 aliphatic carbocycles. The van der Waals surface area contributed by atoms with Crippen LogP contribution in [0.15, 0.2) is 47.8 Å². The summed E-state index contributed by atoms with van der Waals surface area (Å²) in [4.78, 5) is 12.4. The van der Waals surface area contributed by atoms with Crippen LogP contribution in [0.2, 0.25) is 0 Å². The Morgan fingerprint density at radius 2 is 1.90 bits per heavy atom. The van der Waals surface area contributed by atoms with Gasteiger partial charge in [-0.25, -0.2) is 4.79 Å². The lowest BCUT2D eigenvalue weighted by molar-refractivity contribution is -0.160. The number of rotatable bonds is 4. The second-order valence-electron chi connectivity index (χ2n) is 4.19. The van der Waals surface area contributed by atoms with Crippen molar-refractivity contribution in [2.24, 2.45) is 0 Å². The topological polar surface area (TPSA) is 38.3 Å². The molecule has 1 atom stereocenters. The molecular formula is C14H12F3NO2S. The maximum absolute atomic E-state index is 12.0. The van der Waals surface area contributed by atoms with Crippen molar-refractivity contribution >= 4 is 17.4 Å². The molecule has 1 aromatic carbocycles. The molecule has 7 heteroatoms. The first-order chi connectivity index (χ1) is 9.96. The molecule has 1 unspecified atom stereocenters.